The summed E-state index contributed by atoms with van der Waals surface area (Å²) < 4.78 is 31.7. The van der Waals surface area contributed by atoms with Gasteiger partial charge in [-0.15, -0.1) is 0 Å². The average molecular weight is 357 g/mol. The number of carbonyl (C=O) groups excluding carboxylic acids is 1. The van der Waals surface area contributed by atoms with Gasteiger partial charge in [-0.2, -0.15) is 0 Å². The molecule has 0 saturated carbocycles. The van der Waals surface area contributed by atoms with E-state index in [1.54, 1.807) is 24.3 Å². The highest BCUT2D eigenvalue weighted by Crippen LogP contribution is 2.33. The van der Waals surface area contributed by atoms with E-state index < -0.39 is 12.2 Å². The Morgan fingerprint density at radius 1 is 1.23 bits per heavy atom. The smallest absolute Gasteiger partial charge is 0.297 e. The van der Waals surface area contributed by atoms with Crippen molar-refractivity contribution in [3.63, 3.8) is 0 Å². The Morgan fingerprint density at radius 3 is 2.85 bits per heavy atom. The first-order valence-electron chi connectivity index (χ1n) is 8.51. The summed E-state index contributed by atoms with van der Waals surface area (Å²) in [5.41, 5.74) is 0.482. The van der Waals surface area contributed by atoms with Crippen LogP contribution in [0.15, 0.2) is 47.1 Å². The third-order valence-corrected chi connectivity index (χ3v) is 4.66. The van der Waals surface area contributed by atoms with Crippen LogP contribution in [-0.2, 0) is 0 Å². The maximum atomic E-state index is 13.2. The number of hydrogen-bond acceptors (Lipinski definition) is 5. The molecule has 4 rings (SSSR count). The normalized spacial score (nSPS) is 17.3. The standard InChI is InChI=1S/C19H17F2N3O2/c20-17(21)18-22-14-7-2-1-6-13(14)19(23-18)24-9-3-5-12(24)11-15(25)16-8-4-10-26-16/h1-2,4,6-8,10,12,17H,3,5,9,11H2/t12-/m1/s1. The van der Waals surface area contributed by atoms with E-state index in [1.165, 1.54) is 6.26 Å². The first-order chi connectivity index (χ1) is 12.6. The SMILES string of the molecule is O=C(C[C@H]1CCCN1c1nc(C(F)F)nc2ccccc12)c1ccco1. The van der Waals surface area contributed by atoms with Crippen molar-refractivity contribution in [3.05, 3.63) is 54.2 Å². The molecule has 3 heterocycles. The zero-order valence-corrected chi connectivity index (χ0v) is 13.9. The fraction of sp³-hybridized carbons (Fsp3) is 0.316. The average Bonchev–Trinajstić information content (AvgIpc) is 3.32. The molecule has 1 saturated heterocycles. The molecular weight excluding hydrogens is 340 g/mol. The van der Waals surface area contributed by atoms with Gasteiger partial charge in [0.2, 0.25) is 0 Å². The minimum absolute atomic E-state index is 0.0978. The molecule has 1 aliphatic rings. The van der Waals surface area contributed by atoms with Crippen LogP contribution in [0.1, 0.15) is 42.1 Å². The number of benzene rings is 1. The van der Waals surface area contributed by atoms with Crippen molar-refractivity contribution in [1.29, 1.82) is 0 Å². The molecule has 26 heavy (non-hydrogen) atoms. The summed E-state index contributed by atoms with van der Waals surface area (Å²) in [7, 11) is 0. The van der Waals surface area contributed by atoms with Gasteiger partial charge in [0.1, 0.15) is 5.82 Å². The fourth-order valence-electron chi connectivity index (χ4n) is 3.47. The molecule has 134 valence electrons. The van der Waals surface area contributed by atoms with E-state index in [-0.39, 0.29) is 18.2 Å². The fourth-order valence-corrected chi connectivity index (χ4v) is 3.47. The van der Waals surface area contributed by atoms with Crippen LogP contribution in [0.2, 0.25) is 0 Å². The lowest BCUT2D eigenvalue weighted by Gasteiger charge is -2.26. The third-order valence-electron chi connectivity index (χ3n) is 4.66. The number of carbonyl (C=O) groups is 1. The number of aromatic nitrogens is 2. The van der Waals surface area contributed by atoms with Crippen LogP contribution in [-0.4, -0.2) is 28.3 Å². The van der Waals surface area contributed by atoms with E-state index in [9.17, 15) is 13.6 Å². The number of Topliss-reactive ketones (excluding diaryl/α,β-unsaturated/α-hetero) is 1. The second kappa shape index (κ2) is 6.82. The van der Waals surface area contributed by atoms with Crippen LogP contribution >= 0.6 is 0 Å². The van der Waals surface area contributed by atoms with Crippen LogP contribution in [0.4, 0.5) is 14.6 Å². The van der Waals surface area contributed by atoms with Crippen LogP contribution in [0.25, 0.3) is 10.9 Å². The largest absolute Gasteiger partial charge is 0.461 e. The molecule has 7 heteroatoms. The van der Waals surface area contributed by atoms with E-state index in [0.717, 1.165) is 12.8 Å². The number of anilines is 1. The molecule has 0 unspecified atom stereocenters. The molecule has 1 atom stereocenters. The highest BCUT2D eigenvalue weighted by Gasteiger charge is 2.31. The molecule has 1 fully saturated rings. The number of ketones is 1. The molecule has 0 spiro atoms. The predicted molar refractivity (Wildman–Crippen MR) is 92.5 cm³/mol. The van der Waals surface area contributed by atoms with Crippen molar-refractivity contribution in [1.82, 2.24) is 9.97 Å². The van der Waals surface area contributed by atoms with Gasteiger partial charge in [0.25, 0.3) is 6.43 Å². The lowest BCUT2D eigenvalue weighted by atomic mass is 10.1. The van der Waals surface area contributed by atoms with Gasteiger partial charge in [-0.3, -0.25) is 4.79 Å². The van der Waals surface area contributed by atoms with Crippen molar-refractivity contribution >= 4 is 22.5 Å². The Hall–Kier alpha value is -2.83. The van der Waals surface area contributed by atoms with Crippen LogP contribution in [0, 0.1) is 0 Å². The summed E-state index contributed by atoms with van der Waals surface area (Å²) in [5.74, 6) is 0.208. The number of rotatable bonds is 5. The number of alkyl halides is 2. The van der Waals surface area contributed by atoms with E-state index in [2.05, 4.69) is 9.97 Å². The van der Waals surface area contributed by atoms with Gasteiger partial charge in [-0.1, -0.05) is 12.1 Å². The first-order valence-corrected chi connectivity index (χ1v) is 8.51. The van der Waals surface area contributed by atoms with Crippen molar-refractivity contribution in [2.24, 2.45) is 0 Å². The van der Waals surface area contributed by atoms with E-state index in [0.29, 0.717) is 29.0 Å². The van der Waals surface area contributed by atoms with E-state index in [1.807, 2.05) is 17.0 Å². The summed E-state index contributed by atoms with van der Waals surface area (Å²) >= 11 is 0. The summed E-state index contributed by atoms with van der Waals surface area (Å²) in [6.07, 6.45) is 0.652. The molecule has 5 nitrogen and oxygen atoms in total. The Bertz CT molecular complexity index is 928. The van der Waals surface area contributed by atoms with Crippen molar-refractivity contribution < 1.29 is 18.0 Å². The topological polar surface area (TPSA) is 59.2 Å². The number of halogens is 2. The van der Waals surface area contributed by atoms with Gasteiger partial charge >= 0.3 is 0 Å². The number of fused-ring (bicyclic) bond motifs is 1. The highest BCUT2D eigenvalue weighted by atomic mass is 19.3. The zero-order chi connectivity index (χ0) is 18.1. The number of nitrogens with zero attached hydrogens (tertiary/aromatic N) is 3. The minimum Gasteiger partial charge on any atom is -0.461 e. The van der Waals surface area contributed by atoms with Crippen molar-refractivity contribution in [2.75, 3.05) is 11.4 Å². The monoisotopic (exact) mass is 357 g/mol. The Morgan fingerprint density at radius 2 is 2.08 bits per heavy atom. The second-order valence-corrected chi connectivity index (χ2v) is 6.32. The van der Waals surface area contributed by atoms with Crippen LogP contribution < -0.4 is 4.90 Å². The molecule has 1 aliphatic heterocycles. The summed E-state index contributed by atoms with van der Waals surface area (Å²) in [5, 5.41) is 0.717. The van der Waals surface area contributed by atoms with Gasteiger partial charge in [0, 0.05) is 24.4 Å². The van der Waals surface area contributed by atoms with Crippen molar-refractivity contribution in [3.8, 4) is 0 Å². The number of furan rings is 1. The molecule has 1 aromatic carbocycles. The maximum Gasteiger partial charge on any atom is 0.297 e. The Kier molecular flexibility index (Phi) is 4.36. The Balaban J connectivity index is 1.70. The first kappa shape index (κ1) is 16.6. The van der Waals surface area contributed by atoms with Gasteiger partial charge < -0.3 is 9.32 Å². The third kappa shape index (κ3) is 3.05. The van der Waals surface area contributed by atoms with Crippen molar-refractivity contribution in [2.45, 2.75) is 31.7 Å². The van der Waals surface area contributed by atoms with E-state index in [4.69, 9.17) is 4.42 Å². The summed E-state index contributed by atoms with van der Waals surface area (Å²) in [6, 6.07) is 10.3. The molecule has 0 N–H and O–H groups in total. The molecular formula is C19H17F2N3O2. The molecule has 0 radical (unpaired) electrons. The minimum atomic E-state index is -2.75. The van der Waals surface area contributed by atoms with Crippen LogP contribution in [0.5, 0.6) is 0 Å². The quantitative estimate of drug-likeness (QED) is 0.633. The zero-order valence-electron chi connectivity index (χ0n) is 13.9. The van der Waals surface area contributed by atoms with Crippen LogP contribution in [0.3, 0.4) is 0 Å². The second-order valence-electron chi connectivity index (χ2n) is 6.32. The lowest BCUT2D eigenvalue weighted by Crippen LogP contribution is -2.32. The molecule has 0 aliphatic carbocycles. The number of para-hydroxylation sites is 1. The van der Waals surface area contributed by atoms with Gasteiger partial charge in [-0.05, 0) is 37.1 Å². The summed E-state index contributed by atoms with van der Waals surface area (Å²) in [4.78, 5) is 22.5. The molecule has 2 aromatic heterocycles. The molecule has 0 bridgehead atoms. The van der Waals surface area contributed by atoms with E-state index >= 15 is 0 Å². The summed E-state index contributed by atoms with van der Waals surface area (Å²) in [6.45, 7) is 0.666. The highest BCUT2D eigenvalue weighted by molar-refractivity contribution is 5.95. The lowest BCUT2D eigenvalue weighted by molar-refractivity contribution is 0.0947. The Labute approximate surface area is 148 Å². The van der Waals surface area contributed by atoms with Gasteiger partial charge in [0.15, 0.2) is 17.4 Å². The predicted octanol–water partition coefficient (Wildman–Crippen LogP) is 4.40. The molecule has 3 aromatic rings. The van der Waals surface area contributed by atoms with Gasteiger partial charge in [0.05, 0.1) is 11.8 Å². The number of hydrogen-bond donors (Lipinski definition) is 0. The maximum absolute atomic E-state index is 13.2. The molecule has 0 amide bonds. The van der Waals surface area contributed by atoms with Gasteiger partial charge in [-0.25, -0.2) is 18.7 Å².